The van der Waals surface area contributed by atoms with Gasteiger partial charge in [0.1, 0.15) is 6.04 Å². The van der Waals surface area contributed by atoms with Crippen molar-refractivity contribution in [3.8, 4) is 0 Å². The van der Waals surface area contributed by atoms with Crippen LogP contribution in [0.1, 0.15) is 86.3 Å². The SMILES string of the molecule is CC(C)c1ccc2c(c1)C(=O)C[C@H]1[C@](C)(C(=O)N[C@H](Cc3ccccc3)C(=O)Nc3ccccc3)CCC[C@]21C. The normalized spacial score (nSPS) is 24.5. The number of anilines is 1. The molecule has 40 heavy (non-hydrogen) atoms. The fourth-order valence-electron chi connectivity index (χ4n) is 7.00. The lowest BCUT2D eigenvalue weighted by Crippen LogP contribution is -2.58. The Morgan fingerprint density at radius 1 is 0.925 bits per heavy atom. The van der Waals surface area contributed by atoms with E-state index in [-0.39, 0.29) is 28.9 Å². The van der Waals surface area contributed by atoms with Crippen molar-refractivity contribution < 1.29 is 14.4 Å². The Morgan fingerprint density at radius 2 is 1.60 bits per heavy atom. The highest BCUT2D eigenvalue weighted by Gasteiger charge is 2.57. The average molecular weight is 537 g/mol. The van der Waals surface area contributed by atoms with Gasteiger partial charge in [-0.15, -0.1) is 0 Å². The molecule has 0 aromatic heterocycles. The second-order valence-corrected chi connectivity index (χ2v) is 12.4. The van der Waals surface area contributed by atoms with Gasteiger partial charge in [-0.2, -0.15) is 0 Å². The summed E-state index contributed by atoms with van der Waals surface area (Å²) in [7, 11) is 0. The third-order valence-electron chi connectivity index (χ3n) is 9.41. The van der Waals surface area contributed by atoms with E-state index < -0.39 is 11.5 Å². The minimum absolute atomic E-state index is 0.114. The van der Waals surface area contributed by atoms with Gasteiger partial charge in [0.15, 0.2) is 5.78 Å². The van der Waals surface area contributed by atoms with Crippen molar-refractivity contribution in [1.82, 2.24) is 5.32 Å². The number of amides is 2. The largest absolute Gasteiger partial charge is 0.343 e. The molecular formula is C35H40N2O3. The van der Waals surface area contributed by atoms with Gasteiger partial charge in [0.05, 0.1) is 5.41 Å². The van der Waals surface area contributed by atoms with E-state index in [1.54, 1.807) is 0 Å². The lowest BCUT2D eigenvalue weighted by atomic mass is 9.49. The number of nitrogens with one attached hydrogen (secondary N) is 2. The third-order valence-corrected chi connectivity index (χ3v) is 9.41. The summed E-state index contributed by atoms with van der Waals surface area (Å²) in [5.41, 5.74) is 3.64. The molecule has 3 aromatic carbocycles. The van der Waals surface area contributed by atoms with Crippen molar-refractivity contribution in [2.75, 3.05) is 5.32 Å². The van der Waals surface area contributed by atoms with Gasteiger partial charge >= 0.3 is 0 Å². The van der Waals surface area contributed by atoms with Crippen LogP contribution in [0.25, 0.3) is 0 Å². The number of carbonyl (C=O) groups excluding carboxylic acids is 3. The van der Waals surface area contributed by atoms with Crippen molar-refractivity contribution in [3.63, 3.8) is 0 Å². The molecule has 0 unspecified atom stereocenters. The lowest BCUT2D eigenvalue weighted by Gasteiger charge is -2.54. The van der Waals surface area contributed by atoms with Gasteiger partial charge in [-0.25, -0.2) is 0 Å². The van der Waals surface area contributed by atoms with E-state index in [9.17, 15) is 14.4 Å². The Morgan fingerprint density at radius 3 is 2.27 bits per heavy atom. The van der Waals surface area contributed by atoms with Crippen LogP contribution < -0.4 is 10.6 Å². The first-order valence-electron chi connectivity index (χ1n) is 14.5. The van der Waals surface area contributed by atoms with Crippen molar-refractivity contribution in [2.24, 2.45) is 11.3 Å². The lowest BCUT2D eigenvalue weighted by molar-refractivity contribution is -0.140. The minimum Gasteiger partial charge on any atom is -0.343 e. The Balaban J connectivity index is 1.44. The first-order chi connectivity index (χ1) is 19.1. The topological polar surface area (TPSA) is 75.3 Å². The van der Waals surface area contributed by atoms with Gasteiger partial charge in [0.2, 0.25) is 11.8 Å². The van der Waals surface area contributed by atoms with Crippen molar-refractivity contribution in [2.45, 2.75) is 77.2 Å². The molecule has 2 N–H and O–H groups in total. The standard InChI is InChI=1S/C35H40N2O3/c1-23(2)25-16-17-28-27(21-25)30(38)22-31-34(28,3)18-11-19-35(31,4)33(40)37-29(20-24-12-7-5-8-13-24)32(39)36-26-14-9-6-10-15-26/h5-10,12-17,21,23,29,31H,11,18-20,22H2,1-4H3,(H,36,39)(H,37,40)/t29-,31-,34-,35-/m1/s1. The second kappa shape index (κ2) is 11.0. The summed E-state index contributed by atoms with van der Waals surface area (Å²) in [6.07, 6.45) is 3.22. The van der Waals surface area contributed by atoms with Gasteiger partial charge in [-0.1, -0.05) is 94.8 Å². The molecule has 1 fully saturated rings. The Labute approximate surface area is 237 Å². The quantitative estimate of drug-likeness (QED) is 0.348. The summed E-state index contributed by atoms with van der Waals surface area (Å²) < 4.78 is 0. The molecule has 2 amide bonds. The molecule has 5 nitrogen and oxygen atoms in total. The molecule has 5 heteroatoms. The smallest absolute Gasteiger partial charge is 0.247 e. The molecule has 5 rings (SSSR count). The molecule has 208 valence electrons. The van der Waals surface area contributed by atoms with Gasteiger partial charge < -0.3 is 10.6 Å². The van der Waals surface area contributed by atoms with Gasteiger partial charge in [0.25, 0.3) is 0 Å². The van der Waals surface area contributed by atoms with Gasteiger partial charge in [-0.3, -0.25) is 14.4 Å². The number of para-hydroxylation sites is 1. The zero-order valence-corrected chi connectivity index (χ0v) is 24.0. The van der Waals surface area contributed by atoms with Crippen LogP contribution in [-0.4, -0.2) is 23.6 Å². The van der Waals surface area contributed by atoms with Crippen LogP contribution in [0, 0.1) is 11.3 Å². The molecule has 2 aliphatic carbocycles. The molecule has 3 aromatic rings. The summed E-state index contributed by atoms with van der Waals surface area (Å²) in [6.45, 7) is 8.51. The summed E-state index contributed by atoms with van der Waals surface area (Å²) in [5.74, 6) is -0.0918. The number of hydrogen-bond donors (Lipinski definition) is 2. The van der Waals surface area contributed by atoms with Crippen molar-refractivity contribution in [3.05, 3.63) is 101 Å². The number of Topliss-reactive ketones (excluding diaryl/α,β-unsaturated/α-hetero) is 1. The predicted molar refractivity (Wildman–Crippen MR) is 159 cm³/mol. The van der Waals surface area contributed by atoms with Crippen molar-refractivity contribution >= 4 is 23.3 Å². The molecule has 0 radical (unpaired) electrons. The predicted octanol–water partition coefficient (Wildman–Crippen LogP) is 6.83. The summed E-state index contributed by atoms with van der Waals surface area (Å²) in [4.78, 5) is 41.3. The van der Waals surface area contributed by atoms with Crippen LogP contribution in [0.5, 0.6) is 0 Å². The maximum Gasteiger partial charge on any atom is 0.247 e. The summed E-state index contributed by atoms with van der Waals surface area (Å²) in [5, 5.41) is 6.12. The number of fused-ring (bicyclic) bond motifs is 3. The van der Waals surface area contributed by atoms with Crippen LogP contribution in [0.15, 0.2) is 78.9 Å². The van der Waals surface area contributed by atoms with Crippen LogP contribution in [0.3, 0.4) is 0 Å². The van der Waals surface area contributed by atoms with Gasteiger partial charge in [-0.05, 0) is 65.0 Å². The maximum absolute atomic E-state index is 14.2. The molecule has 0 saturated heterocycles. The highest BCUT2D eigenvalue weighted by Crippen LogP contribution is 2.57. The van der Waals surface area contributed by atoms with Crippen LogP contribution in [0.2, 0.25) is 0 Å². The monoisotopic (exact) mass is 536 g/mol. The Hall–Kier alpha value is -3.73. The molecule has 0 heterocycles. The first kappa shape index (κ1) is 27.8. The number of hydrogen-bond acceptors (Lipinski definition) is 3. The molecule has 0 aliphatic heterocycles. The second-order valence-electron chi connectivity index (χ2n) is 12.4. The Bertz CT molecular complexity index is 1400. The molecular weight excluding hydrogens is 496 g/mol. The van der Waals surface area contributed by atoms with Crippen molar-refractivity contribution in [1.29, 1.82) is 0 Å². The zero-order chi connectivity index (χ0) is 28.5. The summed E-state index contributed by atoms with van der Waals surface area (Å²) >= 11 is 0. The van der Waals surface area contributed by atoms with E-state index in [0.29, 0.717) is 30.9 Å². The molecule has 1 saturated carbocycles. The highest BCUT2D eigenvalue weighted by molar-refractivity contribution is 6.01. The van der Waals surface area contributed by atoms with Gasteiger partial charge in [0, 0.05) is 24.1 Å². The molecule has 4 atom stereocenters. The van der Waals surface area contributed by atoms with Crippen LogP contribution >= 0.6 is 0 Å². The highest BCUT2D eigenvalue weighted by atomic mass is 16.2. The van der Waals surface area contributed by atoms with E-state index in [1.165, 1.54) is 5.56 Å². The average Bonchev–Trinajstić information content (AvgIpc) is 2.95. The maximum atomic E-state index is 14.2. The fraction of sp³-hybridized carbons (Fsp3) is 0.400. The van der Waals surface area contributed by atoms with Crippen LogP contribution in [0.4, 0.5) is 5.69 Å². The first-order valence-corrected chi connectivity index (χ1v) is 14.5. The van der Waals surface area contributed by atoms with E-state index in [4.69, 9.17) is 0 Å². The third kappa shape index (κ3) is 5.22. The zero-order valence-electron chi connectivity index (χ0n) is 24.0. The Kier molecular flexibility index (Phi) is 7.67. The molecule has 2 aliphatic rings. The number of rotatable bonds is 7. The molecule has 0 bridgehead atoms. The fourth-order valence-corrected chi connectivity index (χ4v) is 7.00. The molecule has 0 spiro atoms. The minimum atomic E-state index is -0.779. The summed E-state index contributed by atoms with van der Waals surface area (Å²) in [6, 6.07) is 24.6. The van der Waals surface area contributed by atoms with E-state index >= 15 is 0 Å². The van der Waals surface area contributed by atoms with Crippen LogP contribution in [-0.2, 0) is 21.4 Å². The number of carbonyl (C=O) groups is 3. The van der Waals surface area contributed by atoms with E-state index in [2.05, 4.69) is 49.6 Å². The van der Waals surface area contributed by atoms with E-state index in [1.807, 2.05) is 67.6 Å². The number of benzene rings is 3. The number of ketones is 1. The van der Waals surface area contributed by atoms with E-state index in [0.717, 1.165) is 29.5 Å².